The highest BCUT2D eigenvalue weighted by Gasteiger charge is 2.28. The summed E-state index contributed by atoms with van der Waals surface area (Å²) in [6.45, 7) is 2.50. The molecule has 18 heavy (non-hydrogen) atoms. The minimum atomic E-state index is -0.613. The van der Waals surface area contributed by atoms with Crippen LogP contribution in [0, 0.1) is 0 Å². The maximum atomic E-state index is 12.0. The first-order chi connectivity index (χ1) is 8.58. The molecule has 1 fully saturated rings. The molecule has 0 aliphatic carbocycles. The molecule has 1 saturated heterocycles. The van der Waals surface area contributed by atoms with Crippen molar-refractivity contribution in [2.75, 3.05) is 13.1 Å². The molecule has 6 heteroatoms. The number of nitrogens with one attached hydrogen (secondary N) is 1. The minimum Gasteiger partial charge on any atom is -0.472 e. The molecule has 1 aromatic heterocycles. The number of rotatable bonds is 3. The van der Waals surface area contributed by atoms with E-state index in [9.17, 15) is 14.7 Å². The van der Waals surface area contributed by atoms with Crippen molar-refractivity contribution in [3.05, 3.63) is 24.2 Å². The van der Waals surface area contributed by atoms with E-state index in [1.54, 1.807) is 11.8 Å². The Bertz CT molecular complexity index is 429. The van der Waals surface area contributed by atoms with E-state index >= 15 is 0 Å². The van der Waals surface area contributed by atoms with Gasteiger partial charge < -0.3 is 19.7 Å². The number of likely N-dealkylation sites (tertiary alicyclic amines) is 1. The molecule has 0 bridgehead atoms. The Morgan fingerprint density at radius 3 is 2.94 bits per heavy atom. The third kappa shape index (κ3) is 2.70. The maximum Gasteiger partial charge on any atom is 0.255 e. The number of hydrogen-bond donors (Lipinski definition) is 2. The van der Waals surface area contributed by atoms with Crippen LogP contribution in [0.3, 0.4) is 0 Å². The molecular formula is C12H16N2O4. The van der Waals surface area contributed by atoms with Crippen LogP contribution in [0.1, 0.15) is 23.7 Å². The molecule has 0 saturated carbocycles. The first-order valence-electron chi connectivity index (χ1n) is 5.88. The summed E-state index contributed by atoms with van der Waals surface area (Å²) in [6, 6.07) is 0.921. The number of aliphatic hydroxyl groups excluding tert-OH is 1. The molecule has 2 heterocycles. The van der Waals surface area contributed by atoms with Gasteiger partial charge in [0.25, 0.3) is 5.91 Å². The Hall–Kier alpha value is -1.82. The summed E-state index contributed by atoms with van der Waals surface area (Å²) in [6.07, 6.45) is 2.86. The number of hydrogen-bond acceptors (Lipinski definition) is 4. The Labute approximate surface area is 105 Å². The summed E-state index contributed by atoms with van der Waals surface area (Å²) in [5, 5.41) is 12.0. The normalized spacial score (nSPS) is 20.8. The Morgan fingerprint density at radius 1 is 1.61 bits per heavy atom. The van der Waals surface area contributed by atoms with Gasteiger partial charge in [-0.25, -0.2) is 0 Å². The smallest absolute Gasteiger partial charge is 0.255 e. The Balaban J connectivity index is 1.89. The van der Waals surface area contributed by atoms with Crippen LogP contribution in [-0.4, -0.2) is 47.1 Å². The van der Waals surface area contributed by atoms with Gasteiger partial charge in [-0.3, -0.25) is 9.59 Å². The second kappa shape index (κ2) is 5.22. The molecule has 2 atom stereocenters. The fourth-order valence-electron chi connectivity index (χ4n) is 1.95. The molecule has 0 aromatic carbocycles. The maximum absolute atomic E-state index is 12.0. The van der Waals surface area contributed by atoms with E-state index in [0.717, 1.165) is 0 Å². The summed E-state index contributed by atoms with van der Waals surface area (Å²) in [5.41, 5.74) is 0.385. The fraction of sp³-hybridized carbons (Fsp3) is 0.500. The van der Waals surface area contributed by atoms with Crippen LogP contribution in [0.5, 0.6) is 0 Å². The van der Waals surface area contributed by atoms with Crippen molar-refractivity contribution < 1.29 is 19.1 Å². The number of nitrogens with zero attached hydrogens (tertiary/aromatic N) is 1. The lowest BCUT2D eigenvalue weighted by Crippen LogP contribution is -2.46. The van der Waals surface area contributed by atoms with Crippen molar-refractivity contribution in [3.8, 4) is 0 Å². The van der Waals surface area contributed by atoms with Gasteiger partial charge in [0.05, 0.1) is 17.9 Å². The van der Waals surface area contributed by atoms with Gasteiger partial charge in [0, 0.05) is 13.1 Å². The van der Waals surface area contributed by atoms with Gasteiger partial charge in [0.2, 0.25) is 5.91 Å². The number of furan rings is 1. The summed E-state index contributed by atoms with van der Waals surface area (Å²) in [5.74, 6) is -0.521. The van der Waals surface area contributed by atoms with E-state index in [4.69, 9.17) is 4.42 Å². The Morgan fingerprint density at radius 2 is 2.39 bits per heavy atom. The van der Waals surface area contributed by atoms with Crippen LogP contribution in [0.25, 0.3) is 0 Å². The average molecular weight is 252 g/mol. The number of aliphatic hydroxyl groups is 1. The van der Waals surface area contributed by atoms with Crippen LogP contribution in [0.15, 0.2) is 23.0 Å². The minimum absolute atomic E-state index is 0.177. The monoisotopic (exact) mass is 252 g/mol. The van der Waals surface area contributed by atoms with Crippen molar-refractivity contribution in [2.24, 2.45) is 0 Å². The van der Waals surface area contributed by atoms with Crippen molar-refractivity contribution in [3.63, 3.8) is 0 Å². The second-order valence-corrected chi connectivity index (χ2v) is 4.43. The van der Waals surface area contributed by atoms with Crippen molar-refractivity contribution >= 4 is 11.8 Å². The van der Waals surface area contributed by atoms with E-state index in [2.05, 4.69) is 5.32 Å². The highest BCUT2D eigenvalue weighted by Crippen LogP contribution is 2.10. The van der Waals surface area contributed by atoms with Crippen LogP contribution in [0.4, 0.5) is 0 Å². The van der Waals surface area contributed by atoms with Gasteiger partial charge in [-0.2, -0.15) is 0 Å². The number of carbonyl (C=O) groups is 2. The molecule has 1 aromatic rings. The zero-order valence-electron chi connectivity index (χ0n) is 10.1. The molecule has 2 amide bonds. The number of carbonyl (C=O) groups excluding carboxylic acids is 2. The van der Waals surface area contributed by atoms with Crippen LogP contribution in [0.2, 0.25) is 0 Å². The zero-order chi connectivity index (χ0) is 13.1. The van der Waals surface area contributed by atoms with Gasteiger partial charge in [0.15, 0.2) is 0 Å². The van der Waals surface area contributed by atoms with Crippen molar-refractivity contribution in [2.45, 2.75) is 25.5 Å². The van der Waals surface area contributed by atoms with Crippen LogP contribution >= 0.6 is 0 Å². The average Bonchev–Trinajstić information content (AvgIpc) is 2.98. The highest BCUT2D eigenvalue weighted by molar-refractivity contribution is 5.97. The molecule has 98 valence electrons. The van der Waals surface area contributed by atoms with Gasteiger partial charge in [-0.1, -0.05) is 0 Å². The van der Waals surface area contributed by atoms with Gasteiger partial charge >= 0.3 is 0 Å². The van der Waals surface area contributed by atoms with E-state index in [0.29, 0.717) is 25.1 Å². The first kappa shape index (κ1) is 12.6. The SMILES string of the molecule is CC(NC(=O)c1ccoc1)C(=O)N1CC[C@@H](O)C1. The fourth-order valence-corrected chi connectivity index (χ4v) is 1.95. The van der Waals surface area contributed by atoms with E-state index in [1.807, 2.05) is 0 Å². The molecule has 1 unspecified atom stereocenters. The molecule has 6 nitrogen and oxygen atoms in total. The van der Waals surface area contributed by atoms with Gasteiger partial charge in [0.1, 0.15) is 12.3 Å². The predicted octanol–water partition coefficient (Wildman–Crippen LogP) is -0.00890. The number of β-amino-alcohol motifs (C(OH)–C–C–N with tert-alkyl or cyclic N) is 1. The predicted molar refractivity (Wildman–Crippen MR) is 62.8 cm³/mol. The summed E-state index contributed by atoms with van der Waals surface area (Å²) < 4.78 is 4.80. The molecular weight excluding hydrogens is 236 g/mol. The lowest BCUT2D eigenvalue weighted by Gasteiger charge is -2.21. The van der Waals surface area contributed by atoms with E-state index < -0.39 is 12.1 Å². The largest absolute Gasteiger partial charge is 0.472 e. The summed E-state index contributed by atoms with van der Waals surface area (Å²) in [4.78, 5) is 25.2. The van der Waals surface area contributed by atoms with Crippen molar-refractivity contribution in [1.82, 2.24) is 10.2 Å². The quantitative estimate of drug-likeness (QED) is 0.792. The molecule has 1 aliphatic rings. The lowest BCUT2D eigenvalue weighted by molar-refractivity contribution is -0.132. The molecule has 2 rings (SSSR count). The second-order valence-electron chi connectivity index (χ2n) is 4.43. The summed E-state index contributed by atoms with van der Waals surface area (Å²) in [7, 11) is 0. The highest BCUT2D eigenvalue weighted by atomic mass is 16.3. The van der Waals surface area contributed by atoms with Crippen LogP contribution in [-0.2, 0) is 4.79 Å². The third-order valence-corrected chi connectivity index (χ3v) is 2.98. The van der Waals surface area contributed by atoms with Gasteiger partial charge in [-0.15, -0.1) is 0 Å². The van der Waals surface area contributed by atoms with Gasteiger partial charge in [-0.05, 0) is 19.4 Å². The standard InChI is InChI=1S/C12H16N2O4/c1-8(12(17)14-4-2-10(15)6-14)13-11(16)9-3-5-18-7-9/h3,5,7-8,10,15H,2,4,6H2,1H3,(H,13,16)/t8?,10-/m1/s1. The number of amides is 2. The van der Waals surface area contributed by atoms with Crippen LogP contribution < -0.4 is 5.32 Å². The molecule has 0 spiro atoms. The molecule has 1 aliphatic heterocycles. The summed E-state index contributed by atoms with van der Waals surface area (Å²) >= 11 is 0. The molecule has 0 radical (unpaired) electrons. The Kier molecular flexibility index (Phi) is 3.66. The topological polar surface area (TPSA) is 82.8 Å². The first-order valence-corrected chi connectivity index (χ1v) is 5.88. The lowest BCUT2D eigenvalue weighted by atomic mass is 10.2. The zero-order valence-corrected chi connectivity index (χ0v) is 10.1. The van der Waals surface area contributed by atoms with E-state index in [-0.39, 0.29) is 11.8 Å². The third-order valence-electron chi connectivity index (χ3n) is 2.98. The van der Waals surface area contributed by atoms with Crippen molar-refractivity contribution in [1.29, 1.82) is 0 Å². The van der Waals surface area contributed by atoms with E-state index in [1.165, 1.54) is 18.6 Å². The molecule has 2 N–H and O–H groups in total.